The van der Waals surface area contributed by atoms with Gasteiger partial charge in [-0.25, -0.2) is 0 Å². The summed E-state index contributed by atoms with van der Waals surface area (Å²) >= 11 is 0. The SMILES string of the molecule is CC(C)C[C@H](N)CC(=O)NCCC(=O)O. The molecule has 88 valence electrons. The smallest absolute Gasteiger partial charge is 0.305 e. The summed E-state index contributed by atoms with van der Waals surface area (Å²) in [4.78, 5) is 21.4. The highest BCUT2D eigenvalue weighted by Crippen LogP contribution is 2.05. The number of amides is 1. The van der Waals surface area contributed by atoms with Crippen molar-refractivity contribution in [3.8, 4) is 0 Å². The highest BCUT2D eigenvalue weighted by Gasteiger charge is 2.10. The van der Waals surface area contributed by atoms with Crippen molar-refractivity contribution in [2.75, 3.05) is 6.54 Å². The van der Waals surface area contributed by atoms with Crippen LogP contribution in [0.15, 0.2) is 0 Å². The van der Waals surface area contributed by atoms with E-state index in [0.29, 0.717) is 5.92 Å². The third kappa shape index (κ3) is 9.21. The molecule has 1 atom stereocenters. The summed E-state index contributed by atoms with van der Waals surface area (Å²) in [5.74, 6) is -0.627. The van der Waals surface area contributed by atoms with Crippen LogP contribution in [0.2, 0.25) is 0 Å². The van der Waals surface area contributed by atoms with E-state index in [2.05, 4.69) is 5.32 Å². The van der Waals surface area contributed by atoms with Gasteiger partial charge in [-0.2, -0.15) is 0 Å². The van der Waals surface area contributed by atoms with Gasteiger partial charge in [0.15, 0.2) is 0 Å². The van der Waals surface area contributed by atoms with Crippen molar-refractivity contribution >= 4 is 11.9 Å². The van der Waals surface area contributed by atoms with Crippen LogP contribution in [0.1, 0.15) is 33.1 Å². The maximum absolute atomic E-state index is 11.2. The summed E-state index contributed by atoms with van der Waals surface area (Å²) in [5.41, 5.74) is 5.73. The minimum atomic E-state index is -0.915. The van der Waals surface area contributed by atoms with E-state index in [4.69, 9.17) is 10.8 Å². The Morgan fingerprint density at radius 1 is 1.40 bits per heavy atom. The molecule has 15 heavy (non-hydrogen) atoms. The second kappa shape index (κ2) is 7.23. The summed E-state index contributed by atoms with van der Waals surface area (Å²) in [6.45, 7) is 4.26. The molecule has 0 aliphatic rings. The molecule has 0 spiro atoms. The van der Waals surface area contributed by atoms with Crippen molar-refractivity contribution in [2.45, 2.75) is 39.2 Å². The number of rotatable bonds is 7. The van der Waals surface area contributed by atoms with E-state index in [1.54, 1.807) is 0 Å². The molecule has 0 rings (SSSR count). The zero-order valence-corrected chi connectivity index (χ0v) is 9.32. The van der Waals surface area contributed by atoms with Gasteiger partial charge in [-0.1, -0.05) is 13.8 Å². The zero-order valence-electron chi connectivity index (χ0n) is 9.32. The van der Waals surface area contributed by atoms with E-state index in [1.165, 1.54) is 0 Å². The molecule has 0 bridgehead atoms. The summed E-state index contributed by atoms with van der Waals surface area (Å²) < 4.78 is 0. The molecule has 0 fully saturated rings. The number of carbonyl (C=O) groups is 2. The van der Waals surface area contributed by atoms with Crippen molar-refractivity contribution in [1.29, 1.82) is 0 Å². The Morgan fingerprint density at radius 3 is 2.47 bits per heavy atom. The fourth-order valence-corrected chi connectivity index (χ4v) is 1.31. The lowest BCUT2D eigenvalue weighted by Gasteiger charge is -2.13. The molecule has 1 amide bonds. The normalized spacial score (nSPS) is 12.5. The predicted molar refractivity (Wildman–Crippen MR) is 57.3 cm³/mol. The largest absolute Gasteiger partial charge is 0.481 e. The summed E-state index contributed by atoms with van der Waals surface area (Å²) in [5, 5.41) is 10.9. The second-order valence-electron chi connectivity index (χ2n) is 4.09. The Balaban J connectivity index is 3.60. The number of aliphatic carboxylic acids is 1. The van der Waals surface area contributed by atoms with Crippen LogP contribution in [0.25, 0.3) is 0 Å². The fourth-order valence-electron chi connectivity index (χ4n) is 1.31. The quantitative estimate of drug-likeness (QED) is 0.572. The van der Waals surface area contributed by atoms with Gasteiger partial charge in [-0.05, 0) is 12.3 Å². The molecular formula is C10H20N2O3. The molecule has 0 radical (unpaired) electrons. The fraction of sp³-hybridized carbons (Fsp3) is 0.800. The first-order chi connectivity index (χ1) is 6.91. The van der Waals surface area contributed by atoms with Crippen LogP contribution < -0.4 is 11.1 Å². The summed E-state index contributed by atoms with van der Waals surface area (Å²) in [6.07, 6.45) is 1.01. The highest BCUT2D eigenvalue weighted by molar-refractivity contribution is 5.77. The van der Waals surface area contributed by atoms with Gasteiger partial charge < -0.3 is 16.2 Å². The van der Waals surface area contributed by atoms with Gasteiger partial charge in [0.1, 0.15) is 0 Å². The molecule has 0 aromatic carbocycles. The van der Waals surface area contributed by atoms with Gasteiger partial charge in [0, 0.05) is 19.0 Å². The maximum Gasteiger partial charge on any atom is 0.305 e. The molecule has 5 nitrogen and oxygen atoms in total. The highest BCUT2D eigenvalue weighted by atomic mass is 16.4. The van der Waals surface area contributed by atoms with E-state index in [9.17, 15) is 9.59 Å². The third-order valence-corrected chi connectivity index (χ3v) is 1.88. The van der Waals surface area contributed by atoms with Crippen LogP contribution in [-0.2, 0) is 9.59 Å². The molecule has 4 N–H and O–H groups in total. The van der Waals surface area contributed by atoms with Gasteiger partial charge >= 0.3 is 5.97 Å². The minimum Gasteiger partial charge on any atom is -0.481 e. The number of hydrogen-bond acceptors (Lipinski definition) is 3. The van der Waals surface area contributed by atoms with Crippen LogP contribution in [0, 0.1) is 5.92 Å². The average Bonchev–Trinajstić information content (AvgIpc) is 2.00. The predicted octanol–water partition coefficient (Wildman–Crippen LogP) is 0.341. The number of nitrogens with one attached hydrogen (secondary N) is 1. The van der Waals surface area contributed by atoms with Crippen molar-refractivity contribution in [3.05, 3.63) is 0 Å². The van der Waals surface area contributed by atoms with Crippen LogP contribution in [0.5, 0.6) is 0 Å². The number of nitrogens with two attached hydrogens (primary N) is 1. The summed E-state index contributed by atoms with van der Waals surface area (Å²) in [6, 6.07) is -0.144. The second-order valence-corrected chi connectivity index (χ2v) is 4.09. The van der Waals surface area contributed by atoms with Crippen molar-refractivity contribution in [2.24, 2.45) is 11.7 Å². The van der Waals surface area contributed by atoms with Crippen molar-refractivity contribution in [1.82, 2.24) is 5.32 Å². The molecular weight excluding hydrogens is 196 g/mol. The van der Waals surface area contributed by atoms with Crippen molar-refractivity contribution < 1.29 is 14.7 Å². The van der Waals surface area contributed by atoms with E-state index in [-0.39, 0.29) is 31.3 Å². The van der Waals surface area contributed by atoms with Crippen LogP contribution in [-0.4, -0.2) is 29.6 Å². The van der Waals surface area contributed by atoms with E-state index >= 15 is 0 Å². The molecule has 0 aromatic rings. The molecule has 0 heterocycles. The van der Waals surface area contributed by atoms with E-state index < -0.39 is 5.97 Å². The lowest BCUT2D eigenvalue weighted by Crippen LogP contribution is -2.33. The third-order valence-electron chi connectivity index (χ3n) is 1.88. The first-order valence-electron chi connectivity index (χ1n) is 5.16. The summed E-state index contributed by atoms with van der Waals surface area (Å²) in [7, 11) is 0. The Hall–Kier alpha value is -1.10. The van der Waals surface area contributed by atoms with Gasteiger partial charge in [-0.15, -0.1) is 0 Å². The number of carboxylic acid groups (broad SMARTS) is 1. The van der Waals surface area contributed by atoms with Gasteiger partial charge in [0.05, 0.1) is 6.42 Å². The van der Waals surface area contributed by atoms with E-state index in [1.807, 2.05) is 13.8 Å². The minimum absolute atomic E-state index is 0.0504. The molecule has 0 saturated heterocycles. The molecule has 0 aliphatic heterocycles. The number of carbonyl (C=O) groups excluding carboxylic acids is 1. The molecule has 0 aliphatic carbocycles. The molecule has 0 aromatic heterocycles. The van der Waals surface area contributed by atoms with Gasteiger partial charge in [0.25, 0.3) is 0 Å². The van der Waals surface area contributed by atoms with E-state index in [0.717, 1.165) is 6.42 Å². The first-order valence-corrected chi connectivity index (χ1v) is 5.16. The number of hydrogen-bond donors (Lipinski definition) is 3. The Kier molecular flexibility index (Phi) is 6.70. The standard InChI is InChI=1S/C10H20N2O3/c1-7(2)5-8(11)6-9(13)12-4-3-10(14)15/h7-8H,3-6,11H2,1-2H3,(H,12,13)(H,14,15)/t8-/m0/s1. The average molecular weight is 216 g/mol. The first kappa shape index (κ1) is 13.9. The Morgan fingerprint density at radius 2 is 2.00 bits per heavy atom. The monoisotopic (exact) mass is 216 g/mol. The molecule has 5 heteroatoms. The lowest BCUT2D eigenvalue weighted by molar-refractivity contribution is -0.136. The molecule has 0 unspecified atom stereocenters. The van der Waals surface area contributed by atoms with Crippen LogP contribution in [0.3, 0.4) is 0 Å². The van der Waals surface area contributed by atoms with Crippen LogP contribution in [0.4, 0.5) is 0 Å². The Labute approximate surface area is 90.0 Å². The van der Waals surface area contributed by atoms with Crippen molar-refractivity contribution in [3.63, 3.8) is 0 Å². The Bertz CT molecular complexity index is 217. The topological polar surface area (TPSA) is 92.4 Å². The number of carboxylic acids is 1. The van der Waals surface area contributed by atoms with Gasteiger partial charge in [-0.3, -0.25) is 9.59 Å². The maximum atomic E-state index is 11.2. The van der Waals surface area contributed by atoms with Gasteiger partial charge in [0.2, 0.25) is 5.91 Å². The van der Waals surface area contributed by atoms with Crippen LogP contribution >= 0.6 is 0 Å². The zero-order chi connectivity index (χ0) is 11.8. The molecule has 0 saturated carbocycles. The lowest BCUT2D eigenvalue weighted by atomic mass is 10.0.